The van der Waals surface area contributed by atoms with E-state index < -0.39 is 6.61 Å². The number of hydrogen-bond donors (Lipinski definition) is 1. The van der Waals surface area contributed by atoms with E-state index >= 15 is 0 Å². The maximum atomic E-state index is 12.4. The average Bonchev–Trinajstić information content (AvgIpc) is 2.47. The molecule has 0 radical (unpaired) electrons. The van der Waals surface area contributed by atoms with Gasteiger partial charge in [-0.2, -0.15) is 8.78 Å². The van der Waals surface area contributed by atoms with Crippen LogP contribution in [0.25, 0.3) is 0 Å². The highest BCUT2D eigenvalue weighted by Crippen LogP contribution is 2.25. The molecular formula is C15H14ClF2NO2. The van der Waals surface area contributed by atoms with Crippen LogP contribution in [-0.4, -0.2) is 13.7 Å². The van der Waals surface area contributed by atoms with Crippen LogP contribution in [0.1, 0.15) is 5.56 Å². The van der Waals surface area contributed by atoms with E-state index in [1.807, 2.05) is 12.1 Å². The minimum absolute atomic E-state index is 0.107. The molecule has 6 heteroatoms. The SMILES string of the molecule is COc1ccc(NCc2cc(Cl)ccc2OC(F)F)cc1. The Bertz CT molecular complexity index is 591. The number of anilines is 1. The normalized spacial score (nSPS) is 10.5. The molecular weight excluding hydrogens is 300 g/mol. The van der Waals surface area contributed by atoms with E-state index in [4.69, 9.17) is 16.3 Å². The number of methoxy groups -OCH3 is 1. The van der Waals surface area contributed by atoms with Gasteiger partial charge < -0.3 is 14.8 Å². The van der Waals surface area contributed by atoms with Crippen molar-refractivity contribution in [1.29, 1.82) is 0 Å². The molecule has 0 saturated heterocycles. The van der Waals surface area contributed by atoms with Crippen LogP contribution >= 0.6 is 11.6 Å². The van der Waals surface area contributed by atoms with E-state index in [-0.39, 0.29) is 5.75 Å². The van der Waals surface area contributed by atoms with Gasteiger partial charge in [-0.15, -0.1) is 0 Å². The molecule has 0 aliphatic carbocycles. The molecule has 2 aromatic carbocycles. The molecule has 0 atom stereocenters. The maximum absolute atomic E-state index is 12.4. The molecule has 0 bridgehead atoms. The summed E-state index contributed by atoms with van der Waals surface area (Å²) in [4.78, 5) is 0. The molecule has 0 spiro atoms. The number of rotatable bonds is 6. The summed E-state index contributed by atoms with van der Waals surface area (Å²) in [5.41, 5.74) is 1.39. The van der Waals surface area contributed by atoms with Crippen molar-refractivity contribution in [3.63, 3.8) is 0 Å². The smallest absolute Gasteiger partial charge is 0.387 e. The Labute approximate surface area is 126 Å². The second kappa shape index (κ2) is 7.13. The fraction of sp³-hybridized carbons (Fsp3) is 0.200. The Morgan fingerprint density at radius 1 is 1.14 bits per heavy atom. The summed E-state index contributed by atoms with van der Waals surface area (Å²) in [6.07, 6.45) is 0. The second-order valence-corrected chi connectivity index (χ2v) is 4.65. The molecule has 0 aliphatic rings. The third kappa shape index (κ3) is 4.49. The molecule has 0 aromatic heterocycles. The predicted octanol–water partition coefficient (Wildman–Crippen LogP) is 4.56. The molecule has 0 fully saturated rings. The largest absolute Gasteiger partial charge is 0.497 e. The van der Waals surface area contributed by atoms with Crippen LogP contribution in [0.5, 0.6) is 11.5 Å². The number of nitrogens with one attached hydrogen (secondary N) is 1. The third-order valence-corrected chi connectivity index (χ3v) is 3.05. The molecule has 0 saturated carbocycles. The summed E-state index contributed by atoms with van der Waals surface area (Å²) in [5.74, 6) is 0.848. The third-order valence-electron chi connectivity index (χ3n) is 2.81. The van der Waals surface area contributed by atoms with E-state index in [0.717, 1.165) is 11.4 Å². The Morgan fingerprint density at radius 3 is 2.48 bits per heavy atom. The quantitative estimate of drug-likeness (QED) is 0.848. The van der Waals surface area contributed by atoms with Crippen LogP contribution in [0, 0.1) is 0 Å². The second-order valence-electron chi connectivity index (χ2n) is 4.21. The summed E-state index contributed by atoms with van der Waals surface area (Å²) in [6.45, 7) is -2.56. The van der Waals surface area contributed by atoms with Gasteiger partial charge in [0.25, 0.3) is 0 Å². The van der Waals surface area contributed by atoms with Crippen molar-refractivity contribution in [2.24, 2.45) is 0 Å². The zero-order chi connectivity index (χ0) is 15.2. The number of hydrogen-bond acceptors (Lipinski definition) is 3. The van der Waals surface area contributed by atoms with Crippen molar-refractivity contribution in [3.8, 4) is 11.5 Å². The van der Waals surface area contributed by atoms with Gasteiger partial charge >= 0.3 is 6.61 Å². The van der Waals surface area contributed by atoms with E-state index in [1.54, 1.807) is 25.3 Å². The average molecular weight is 314 g/mol. The predicted molar refractivity (Wildman–Crippen MR) is 78.4 cm³/mol. The Morgan fingerprint density at radius 2 is 1.86 bits per heavy atom. The molecule has 2 rings (SSSR count). The van der Waals surface area contributed by atoms with Crippen LogP contribution in [-0.2, 0) is 6.54 Å². The number of ether oxygens (including phenoxy) is 2. The first-order valence-electron chi connectivity index (χ1n) is 6.19. The van der Waals surface area contributed by atoms with Gasteiger partial charge in [-0.05, 0) is 42.5 Å². The fourth-order valence-electron chi connectivity index (χ4n) is 1.80. The van der Waals surface area contributed by atoms with Crippen LogP contribution in [0.2, 0.25) is 5.02 Å². The highest BCUT2D eigenvalue weighted by atomic mass is 35.5. The first-order valence-corrected chi connectivity index (χ1v) is 6.57. The zero-order valence-corrected chi connectivity index (χ0v) is 12.0. The number of halogens is 3. The van der Waals surface area contributed by atoms with Crippen LogP contribution in [0.3, 0.4) is 0 Å². The summed E-state index contributed by atoms with van der Waals surface area (Å²) in [5, 5.41) is 3.58. The standard InChI is InChI=1S/C15H14ClF2NO2/c1-20-13-5-3-12(4-6-13)19-9-10-8-11(16)2-7-14(10)21-15(17)18/h2-8,15,19H,9H2,1H3. The van der Waals surface area contributed by atoms with E-state index in [1.165, 1.54) is 12.1 Å². The lowest BCUT2D eigenvalue weighted by Crippen LogP contribution is -2.07. The van der Waals surface area contributed by atoms with Gasteiger partial charge in [0.15, 0.2) is 0 Å². The maximum Gasteiger partial charge on any atom is 0.387 e. The van der Waals surface area contributed by atoms with Crippen molar-refractivity contribution in [3.05, 3.63) is 53.1 Å². The number of benzene rings is 2. The molecule has 112 valence electrons. The Kier molecular flexibility index (Phi) is 5.22. The van der Waals surface area contributed by atoms with Crippen molar-refractivity contribution in [2.75, 3.05) is 12.4 Å². The fourth-order valence-corrected chi connectivity index (χ4v) is 2.00. The summed E-state index contributed by atoms with van der Waals surface area (Å²) >= 11 is 5.89. The van der Waals surface area contributed by atoms with Gasteiger partial charge in [-0.25, -0.2) is 0 Å². The molecule has 0 heterocycles. The molecule has 0 unspecified atom stereocenters. The lowest BCUT2D eigenvalue weighted by molar-refractivity contribution is -0.0504. The molecule has 2 aromatic rings. The summed E-state index contributed by atoms with van der Waals surface area (Å²) < 4.78 is 34.3. The molecule has 21 heavy (non-hydrogen) atoms. The lowest BCUT2D eigenvalue weighted by Gasteiger charge is -2.13. The van der Waals surface area contributed by atoms with Gasteiger partial charge in [0, 0.05) is 22.8 Å². The van der Waals surface area contributed by atoms with E-state index in [9.17, 15) is 8.78 Å². The van der Waals surface area contributed by atoms with Crippen molar-refractivity contribution in [1.82, 2.24) is 0 Å². The highest BCUT2D eigenvalue weighted by molar-refractivity contribution is 6.30. The first kappa shape index (κ1) is 15.4. The van der Waals surface area contributed by atoms with Gasteiger partial charge in [-0.3, -0.25) is 0 Å². The zero-order valence-electron chi connectivity index (χ0n) is 11.3. The van der Waals surface area contributed by atoms with Crippen molar-refractivity contribution >= 4 is 17.3 Å². The summed E-state index contributed by atoms with van der Waals surface area (Å²) in [6, 6.07) is 11.8. The Balaban J connectivity index is 2.08. The van der Waals surface area contributed by atoms with Gasteiger partial charge in [-0.1, -0.05) is 11.6 Å². The van der Waals surface area contributed by atoms with Crippen LogP contribution in [0.15, 0.2) is 42.5 Å². The van der Waals surface area contributed by atoms with Crippen molar-refractivity contribution < 1.29 is 18.3 Å². The van der Waals surface area contributed by atoms with Crippen LogP contribution in [0.4, 0.5) is 14.5 Å². The van der Waals surface area contributed by atoms with E-state index in [0.29, 0.717) is 17.1 Å². The van der Waals surface area contributed by atoms with Gasteiger partial charge in [0.1, 0.15) is 11.5 Å². The Hall–Kier alpha value is -2.01. The molecule has 0 amide bonds. The minimum atomic E-state index is -2.87. The monoisotopic (exact) mass is 313 g/mol. The minimum Gasteiger partial charge on any atom is -0.497 e. The first-order chi connectivity index (χ1) is 10.1. The van der Waals surface area contributed by atoms with Crippen molar-refractivity contribution in [2.45, 2.75) is 13.2 Å². The van der Waals surface area contributed by atoms with Crippen LogP contribution < -0.4 is 14.8 Å². The van der Waals surface area contributed by atoms with E-state index in [2.05, 4.69) is 10.1 Å². The number of alkyl halides is 2. The van der Waals surface area contributed by atoms with Gasteiger partial charge in [0.2, 0.25) is 0 Å². The molecule has 1 N–H and O–H groups in total. The summed E-state index contributed by atoms with van der Waals surface area (Å²) in [7, 11) is 1.59. The highest BCUT2D eigenvalue weighted by Gasteiger charge is 2.10. The van der Waals surface area contributed by atoms with Gasteiger partial charge in [0.05, 0.1) is 7.11 Å². The lowest BCUT2D eigenvalue weighted by atomic mass is 10.2. The molecule has 0 aliphatic heterocycles. The molecule has 3 nitrogen and oxygen atoms in total. The topological polar surface area (TPSA) is 30.5 Å².